The molecule has 2 heteroatoms. The maximum absolute atomic E-state index is 8.94. The molecule has 1 aromatic heterocycles. The molecule has 72 valence electrons. The first-order chi connectivity index (χ1) is 6.30. The fourth-order valence-electron chi connectivity index (χ4n) is 1.12. The highest BCUT2D eigenvalue weighted by Crippen LogP contribution is 2.13. The van der Waals surface area contributed by atoms with Gasteiger partial charge in [0.15, 0.2) is 0 Å². The van der Waals surface area contributed by atoms with E-state index in [0.29, 0.717) is 0 Å². The van der Waals surface area contributed by atoms with E-state index in [-0.39, 0.29) is 6.61 Å². The number of aryl methyl sites for hydroxylation is 1. The smallest absolute Gasteiger partial charge is 0.127 e. The summed E-state index contributed by atoms with van der Waals surface area (Å²) in [5.74, 6) is 1.82. The molecule has 0 aromatic carbocycles. The van der Waals surface area contributed by atoms with Crippen LogP contribution in [0.2, 0.25) is 0 Å². The van der Waals surface area contributed by atoms with Crippen LogP contribution in [0, 0.1) is 0 Å². The first-order valence-corrected chi connectivity index (χ1v) is 4.69. The molecule has 1 N–H and O–H groups in total. The highest BCUT2D eigenvalue weighted by atomic mass is 16.3. The number of aliphatic hydroxyl groups excluding tert-OH is 1. The Morgan fingerprint density at radius 1 is 1.46 bits per heavy atom. The molecule has 13 heavy (non-hydrogen) atoms. The first-order valence-electron chi connectivity index (χ1n) is 4.69. The van der Waals surface area contributed by atoms with Crippen LogP contribution in [0.25, 0.3) is 6.08 Å². The SMILES string of the molecule is CCC(=Cc1ccc(CC)o1)CO. The summed E-state index contributed by atoms with van der Waals surface area (Å²) >= 11 is 0. The lowest BCUT2D eigenvalue weighted by Crippen LogP contribution is -1.86. The molecule has 0 spiro atoms. The second-order valence-electron chi connectivity index (χ2n) is 2.97. The summed E-state index contributed by atoms with van der Waals surface area (Å²) in [4.78, 5) is 0. The van der Waals surface area contributed by atoms with Crippen molar-refractivity contribution >= 4 is 6.08 Å². The van der Waals surface area contributed by atoms with Crippen LogP contribution in [-0.2, 0) is 6.42 Å². The number of hydrogen-bond acceptors (Lipinski definition) is 2. The summed E-state index contributed by atoms with van der Waals surface area (Å²) in [6.45, 7) is 4.18. The maximum Gasteiger partial charge on any atom is 0.127 e. The second-order valence-corrected chi connectivity index (χ2v) is 2.97. The van der Waals surface area contributed by atoms with E-state index in [1.54, 1.807) is 0 Å². The number of rotatable bonds is 4. The predicted octanol–water partition coefficient (Wildman–Crippen LogP) is 2.63. The van der Waals surface area contributed by atoms with Gasteiger partial charge in [-0.2, -0.15) is 0 Å². The van der Waals surface area contributed by atoms with Crippen LogP contribution in [-0.4, -0.2) is 11.7 Å². The van der Waals surface area contributed by atoms with Gasteiger partial charge in [0.25, 0.3) is 0 Å². The topological polar surface area (TPSA) is 33.4 Å². The van der Waals surface area contributed by atoms with Crippen molar-refractivity contribution < 1.29 is 9.52 Å². The van der Waals surface area contributed by atoms with Crippen molar-refractivity contribution in [2.24, 2.45) is 0 Å². The van der Waals surface area contributed by atoms with E-state index >= 15 is 0 Å². The van der Waals surface area contributed by atoms with Crippen molar-refractivity contribution in [3.63, 3.8) is 0 Å². The largest absolute Gasteiger partial charge is 0.462 e. The molecule has 0 saturated heterocycles. The molecule has 0 amide bonds. The van der Waals surface area contributed by atoms with E-state index in [1.165, 1.54) is 0 Å². The van der Waals surface area contributed by atoms with Gasteiger partial charge in [0.1, 0.15) is 11.5 Å². The molecule has 1 heterocycles. The van der Waals surface area contributed by atoms with Crippen LogP contribution >= 0.6 is 0 Å². The third-order valence-corrected chi connectivity index (χ3v) is 2.03. The Balaban J connectivity index is 2.77. The standard InChI is InChI=1S/C11H16O2/c1-3-9(8-12)7-11-6-5-10(4-2)13-11/h5-7,12H,3-4,8H2,1-2H3. The van der Waals surface area contributed by atoms with Gasteiger partial charge in [-0.1, -0.05) is 13.8 Å². The molecule has 1 aromatic rings. The zero-order valence-corrected chi connectivity index (χ0v) is 8.21. The molecule has 0 unspecified atom stereocenters. The molecule has 0 aliphatic rings. The summed E-state index contributed by atoms with van der Waals surface area (Å²) in [7, 11) is 0. The molecule has 0 fully saturated rings. The summed E-state index contributed by atoms with van der Waals surface area (Å²) in [5.41, 5.74) is 0.997. The van der Waals surface area contributed by atoms with Gasteiger partial charge in [-0.25, -0.2) is 0 Å². The number of hydrogen-bond donors (Lipinski definition) is 1. The minimum absolute atomic E-state index is 0.110. The fraction of sp³-hybridized carbons (Fsp3) is 0.455. The maximum atomic E-state index is 8.94. The lowest BCUT2D eigenvalue weighted by Gasteiger charge is -1.96. The van der Waals surface area contributed by atoms with E-state index in [0.717, 1.165) is 29.9 Å². The Kier molecular flexibility index (Phi) is 3.77. The third-order valence-electron chi connectivity index (χ3n) is 2.03. The zero-order valence-electron chi connectivity index (χ0n) is 8.21. The van der Waals surface area contributed by atoms with Gasteiger partial charge < -0.3 is 9.52 Å². The van der Waals surface area contributed by atoms with Crippen molar-refractivity contribution in [3.05, 3.63) is 29.2 Å². The van der Waals surface area contributed by atoms with Gasteiger partial charge >= 0.3 is 0 Å². The molecule has 0 bridgehead atoms. The van der Waals surface area contributed by atoms with Gasteiger partial charge in [-0.05, 0) is 30.2 Å². The molecule has 0 atom stereocenters. The summed E-state index contributed by atoms with van der Waals surface area (Å²) in [6, 6.07) is 3.90. The van der Waals surface area contributed by atoms with Crippen molar-refractivity contribution in [1.29, 1.82) is 0 Å². The Morgan fingerprint density at radius 2 is 2.23 bits per heavy atom. The minimum Gasteiger partial charge on any atom is -0.462 e. The normalized spacial score (nSPS) is 12.1. The van der Waals surface area contributed by atoms with Crippen LogP contribution in [0.4, 0.5) is 0 Å². The Hall–Kier alpha value is -1.02. The van der Waals surface area contributed by atoms with Crippen LogP contribution in [0.5, 0.6) is 0 Å². The zero-order chi connectivity index (χ0) is 9.68. The first kappa shape index (κ1) is 10.1. The van der Waals surface area contributed by atoms with E-state index < -0.39 is 0 Å². The van der Waals surface area contributed by atoms with Gasteiger partial charge in [0.05, 0.1) is 6.61 Å². The molecular formula is C11H16O2. The monoisotopic (exact) mass is 180 g/mol. The third kappa shape index (κ3) is 2.74. The molecule has 0 aliphatic carbocycles. The van der Waals surface area contributed by atoms with E-state index in [9.17, 15) is 0 Å². The average Bonchev–Trinajstić information content (AvgIpc) is 2.61. The molecule has 0 radical (unpaired) electrons. The fourth-order valence-corrected chi connectivity index (χ4v) is 1.12. The van der Waals surface area contributed by atoms with Gasteiger partial charge in [-0.3, -0.25) is 0 Å². The summed E-state index contributed by atoms with van der Waals surface area (Å²) in [5, 5.41) is 8.94. The lowest BCUT2D eigenvalue weighted by atomic mass is 10.2. The summed E-state index contributed by atoms with van der Waals surface area (Å²) < 4.78 is 5.48. The van der Waals surface area contributed by atoms with Crippen molar-refractivity contribution in [1.82, 2.24) is 0 Å². The average molecular weight is 180 g/mol. The van der Waals surface area contributed by atoms with Crippen molar-refractivity contribution in [3.8, 4) is 0 Å². The van der Waals surface area contributed by atoms with Crippen LogP contribution < -0.4 is 0 Å². The Bertz CT molecular complexity index is 278. The van der Waals surface area contributed by atoms with Crippen LogP contribution in [0.15, 0.2) is 22.1 Å². The number of aliphatic hydroxyl groups is 1. The van der Waals surface area contributed by atoms with E-state index in [4.69, 9.17) is 9.52 Å². The molecular weight excluding hydrogens is 164 g/mol. The molecule has 2 nitrogen and oxygen atoms in total. The predicted molar refractivity (Wildman–Crippen MR) is 53.4 cm³/mol. The lowest BCUT2D eigenvalue weighted by molar-refractivity contribution is 0.328. The highest BCUT2D eigenvalue weighted by Gasteiger charge is 1.98. The number of furan rings is 1. The van der Waals surface area contributed by atoms with E-state index in [2.05, 4.69) is 6.92 Å². The Morgan fingerprint density at radius 3 is 2.69 bits per heavy atom. The van der Waals surface area contributed by atoms with Gasteiger partial charge in [0, 0.05) is 6.42 Å². The summed E-state index contributed by atoms with van der Waals surface area (Å²) in [6.07, 6.45) is 3.67. The Labute approximate surface area is 78.9 Å². The quantitative estimate of drug-likeness (QED) is 0.772. The van der Waals surface area contributed by atoms with Crippen LogP contribution in [0.3, 0.4) is 0 Å². The molecule has 0 saturated carbocycles. The second kappa shape index (κ2) is 4.87. The van der Waals surface area contributed by atoms with Crippen LogP contribution in [0.1, 0.15) is 31.8 Å². The van der Waals surface area contributed by atoms with Crippen molar-refractivity contribution in [2.75, 3.05) is 6.61 Å². The van der Waals surface area contributed by atoms with Gasteiger partial charge in [0.2, 0.25) is 0 Å². The van der Waals surface area contributed by atoms with Gasteiger partial charge in [-0.15, -0.1) is 0 Å². The molecule has 1 rings (SSSR count). The highest BCUT2D eigenvalue weighted by molar-refractivity contribution is 5.47. The molecule has 0 aliphatic heterocycles. The van der Waals surface area contributed by atoms with Crippen molar-refractivity contribution in [2.45, 2.75) is 26.7 Å². The minimum atomic E-state index is 0.110. The van der Waals surface area contributed by atoms with E-state index in [1.807, 2.05) is 25.1 Å².